The fourth-order valence-electron chi connectivity index (χ4n) is 4.30. The highest BCUT2D eigenvalue weighted by Gasteiger charge is 2.40. The van der Waals surface area contributed by atoms with Crippen LogP contribution in [-0.2, 0) is 0 Å². The SMILES string of the molecule is O=C(Nc1cnccn1)N1c2nc(-c3ccc(F)c(C4C=N4)c3)ccc2N2CC[C@H]1C2. The number of amides is 2. The Morgan fingerprint density at radius 1 is 1.19 bits per heavy atom. The molecule has 3 aliphatic rings. The Labute approximate surface area is 177 Å². The predicted molar refractivity (Wildman–Crippen MR) is 115 cm³/mol. The molecule has 1 aromatic carbocycles. The number of nitrogens with zero attached hydrogens (tertiary/aromatic N) is 6. The molecule has 31 heavy (non-hydrogen) atoms. The van der Waals surface area contributed by atoms with E-state index < -0.39 is 0 Å². The number of hydrogen-bond acceptors (Lipinski definition) is 6. The number of aliphatic imine (C=N–C) groups is 1. The molecular formula is C22H18FN7O. The molecule has 2 bridgehead atoms. The Balaban J connectivity index is 1.39. The number of urea groups is 1. The number of pyridine rings is 1. The summed E-state index contributed by atoms with van der Waals surface area (Å²) >= 11 is 0. The van der Waals surface area contributed by atoms with Gasteiger partial charge in [-0.15, -0.1) is 0 Å². The molecule has 6 rings (SSSR count). The number of anilines is 3. The normalized spacial score (nSPS) is 20.5. The number of nitrogens with one attached hydrogen (secondary N) is 1. The number of halogens is 1. The first kappa shape index (κ1) is 17.9. The molecule has 9 heteroatoms. The van der Waals surface area contributed by atoms with Gasteiger partial charge in [-0.05, 0) is 36.8 Å². The van der Waals surface area contributed by atoms with Gasteiger partial charge in [-0.1, -0.05) is 0 Å². The second-order valence-electron chi connectivity index (χ2n) is 7.80. The fourth-order valence-corrected chi connectivity index (χ4v) is 4.30. The summed E-state index contributed by atoms with van der Waals surface area (Å²) in [5.41, 5.74) is 2.93. The minimum Gasteiger partial charge on any atom is -0.366 e. The van der Waals surface area contributed by atoms with Crippen LogP contribution < -0.4 is 15.1 Å². The largest absolute Gasteiger partial charge is 0.366 e. The minimum absolute atomic E-state index is 0.0237. The van der Waals surface area contributed by atoms with Gasteiger partial charge >= 0.3 is 6.03 Å². The molecule has 2 atom stereocenters. The summed E-state index contributed by atoms with van der Waals surface area (Å²) < 4.78 is 14.2. The van der Waals surface area contributed by atoms with E-state index in [0.29, 0.717) is 22.9 Å². The number of benzene rings is 1. The van der Waals surface area contributed by atoms with E-state index in [9.17, 15) is 9.18 Å². The molecule has 1 fully saturated rings. The van der Waals surface area contributed by atoms with Crippen LogP contribution in [0.15, 0.2) is 53.9 Å². The van der Waals surface area contributed by atoms with Crippen LogP contribution in [0.3, 0.4) is 0 Å². The number of hydrogen-bond donors (Lipinski definition) is 1. The van der Waals surface area contributed by atoms with Crippen LogP contribution in [0.2, 0.25) is 0 Å². The summed E-state index contributed by atoms with van der Waals surface area (Å²) in [6, 6.07) is 8.38. The van der Waals surface area contributed by atoms with Gasteiger partial charge in [0.15, 0.2) is 11.6 Å². The van der Waals surface area contributed by atoms with Gasteiger partial charge in [-0.3, -0.25) is 20.2 Å². The number of carbonyl (C=O) groups is 1. The van der Waals surface area contributed by atoms with Crippen molar-refractivity contribution in [1.29, 1.82) is 0 Å². The molecule has 8 nitrogen and oxygen atoms in total. The van der Waals surface area contributed by atoms with Crippen LogP contribution in [0, 0.1) is 5.82 Å². The summed E-state index contributed by atoms with van der Waals surface area (Å²) in [4.78, 5) is 34.2. The molecule has 2 amide bonds. The van der Waals surface area contributed by atoms with Crippen molar-refractivity contribution in [2.45, 2.75) is 18.5 Å². The maximum atomic E-state index is 14.2. The van der Waals surface area contributed by atoms with Crippen molar-refractivity contribution in [3.63, 3.8) is 0 Å². The van der Waals surface area contributed by atoms with Crippen molar-refractivity contribution in [2.24, 2.45) is 4.99 Å². The number of aromatic nitrogens is 3. The average Bonchev–Trinajstić information content (AvgIpc) is 3.55. The number of rotatable bonds is 3. The number of fused-ring (bicyclic) bond motifs is 4. The molecule has 2 aromatic heterocycles. The summed E-state index contributed by atoms with van der Waals surface area (Å²) in [6.07, 6.45) is 7.17. The van der Waals surface area contributed by atoms with E-state index in [4.69, 9.17) is 4.98 Å². The van der Waals surface area contributed by atoms with Crippen molar-refractivity contribution in [3.8, 4) is 11.3 Å². The maximum Gasteiger partial charge on any atom is 0.329 e. The van der Waals surface area contributed by atoms with Crippen molar-refractivity contribution >= 4 is 29.6 Å². The molecule has 1 saturated heterocycles. The van der Waals surface area contributed by atoms with E-state index in [-0.39, 0.29) is 23.9 Å². The molecule has 0 aliphatic carbocycles. The minimum atomic E-state index is -0.288. The number of carbonyl (C=O) groups excluding carboxylic acids is 1. The van der Waals surface area contributed by atoms with Gasteiger partial charge in [0.2, 0.25) is 0 Å². The molecule has 3 aliphatic heterocycles. The fraction of sp³-hybridized carbons (Fsp3) is 0.227. The zero-order valence-corrected chi connectivity index (χ0v) is 16.4. The van der Waals surface area contributed by atoms with Crippen molar-refractivity contribution < 1.29 is 9.18 Å². The molecule has 0 spiro atoms. The highest BCUT2D eigenvalue weighted by atomic mass is 19.1. The lowest BCUT2D eigenvalue weighted by Crippen LogP contribution is -2.48. The Kier molecular flexibility index (Phi) is 3.95. The Morgan fingerprint density at radius 3 is 2.90 bits per heavy atom. The van der Waals surface area contributed by atoms with Gasteiger partial charge in [0, 0.05) is 42.8 Å². The molecular weight excluding hydrogens is 397 g/mol. The summed E-state index contributed by atoms with van der Waals surface area (Å²) in [7, 11) is 0. The van der Waals surface area contributed by atoms with Gasteiger partial charge < -0.3 is 4.90 Å². The quantitative estimate of drug-likeness (QED) is 0.708. The van der Waals surface area contributed by atoms with E-state index in [0.717, 1.165) is 30.8 Å². The third kappa shape index (κ3) is 3.09. The molecule has 3 aromatic rings. The lowest BCUT2D eigenvalue weighted by molar-refractivity contribution is 0.254. The molecule has 154 valence electrons. The third-order valence-corrected chi connectivity index (χ3v) is 5.88. The molecule has 0 saturated carbocycles. The van der Waals surface area contributed by atoms with E-state index in [1.54, 1.807) is 29.4 Å². The van der Waals surface area contributed by atoms with Crippen LogP contribution in [0.4, 0.5) is 26.5 Å². The van der Waals surface area contributed by atoms with Gasteiger partial charge in [0.25, 0.3) is 0 Å². The first-order valence-electron chi connectivity index (χ1n) is 10.1. The Hall–Kier alpha value is -3.88. The van der Waals surface area contributed by atoms with Crippen LogP contribution in [0.25, 0.3) is 11.3 Å². The smallest absolute Gasteiger partial charge is 0.329 e. The molecule has 1 unspecified atom stereocenters. The van der Waals surface area contributed by atoms with E-state index in [1.165, 1.54) is 18.5 Å². The van der Waals surface area contributed by atoms with Crippen molar-refractivity contribution in [1.82, 2.24) is 15.0 Å². The van der Waals surface area contributed by atoms with Crippen molar-refractivity contribution in [2.75, 3.05) is 28.2 Å². The lowest BCUT2D eigenvalue weighted by atomic mass is 10.0. The first-order chi connectivity index (χ1) is 15.2. The molecule has 0 radical (unpaired) electrons. The van der Waals surface area contributed by atoms with Crippen LogP contribution in [0.1, 0.15) is 18.0 Å². The summed E-state index contributed by atoms with van der Waals surface area (Å²) in [5, 5.41) is 2.82. The topological polar surface area (TPSA) is 86.6 Å². The first-order valence-corrected chi connectivity index (χ1v) is 10.1. The van der Waals surface area contributed by atoms with Crippen LogP contribution in [-0.4, -0.2) is 46.3 Å². The van der Waals surface area contributed by atoms with E-state index >= 15 is 0 Å². The molecule has 5 heterocycles. The predicted octanol–water partition coefficient (Wildman–Crippen LogP) is 3.43. The third-order valence-electron chi connectivity index (χ3n) is 5.88. The monoisotopic (exact) mass is 415 g/mol. The maximum absolute atomic E-state index is 14.2. The van der Waals surface area contributed by atoms with Crippen LogP contribution >= 0.6 is 0 Å². The summed E-state index contributed by atoms with van der Waals surface area (Å²) in [5.74, 6) is 0.706. The average molecular weight is 415 g/mol. The second kappa shape index (κ2) is 6.83. The van der Waals surface area contributed by atoms with E-state index in [2.05, 4.69) is 25.2 Å². The lowest BCUT2D eigenvalue weighted by Gasteiger charge is -2.35. The summed E-state index contributed by atoms with van der Waals surface area (Å²) in [6.45, 7) is 1.63. The highest BCUT2D eigenvalue weighted by Crippen LogP contribution is 2.40. The van der Waals surface area contributed by atoms with Gasteiger partial charge in [0.1, 0.15) is 11.9 Å². The molecule has 1 N–H and O–H groups in total. The zero-order chi connectivity index (χ0) is 20.9. The van der Waals surface area contributed by atoms with Gasteiger partial charge in [-0.2, -0.15) is 0 Å². The van der Waals surface area contributed by atoms with Crippen molar-refractivity contribution in [3.05, 3.63) is 60.3 Å². The van der Waals surface area contributed by atoms with Crippen LogP contribution in [0.5, 0.6) is 0 Å². The highest BCUT2D eigenvalue weighted by molar-refractivity contribution is 6.04. The standard InChI is InChI=1S/C22H18FN7O/c23-16-2-1-13(9-15(16)18-10-26-18)17-3-4-19-21(27-17)30(14-5-8-29(19)12-14)22(31)28-20-11-24-6-7-25-20/h1-4,6-7,9-11,14,18H,5,8,12H2,(H,25,28,31)/t14-,18?/m0/s1. The zero-order valence-electron chi connectivity index (χ0n) is 16.4. The Bertz CT molecular complexity index is 1210. The Morgan fingerprint density at radius 2 is 2.10 bits per heavy atom. The van der Waals surface area contributed by atoms with Gasteiger partial charge in [-0.25, -0.2) is 19.2 Å². The second-order valence-corrected chi connectivity index (χ2v) is 7.80. The van der Waals surface area contributed by atoms with Gasteiger partial charge in [0.05, 0.1) is 23.6 Å². The van der Waals surface area contributed by atoms with E-state index in [1.807, 2.05) is 12.1 Å².